The zero-order valence-electron chi connectivity index (χ0n) is 64.6. The van der Waals surface area contributed by atoms with Crippen molar-refractivity contribution in [3.63, 3.8) is 0 Å². The molecule has 118 heavy (non-hydrogen) atoms. The lowest BCUT2D eigenvalue weighted by molar-refractivity contribution is -0.157. The summed E-state index contributed by atoms with van der Waals surface area (Å²) in [5.74, 6) is -14.3. The molecule has 0 radical (unpaired) electrons. The second-order valence-electron chi connectivity index (χ2n) is 32.7. The van der Waals surface area contributed by atoms with E-state index in [4.69, 9.17) is 36.3 Å². The number of carbonyl (C=O) groups is 9. The van der Waals surface area contributed by atoms with Gasteiger partial charge in [-0.15, -0.1) is 0 Å². The first-order valence-electron chi connectivity index (χ1n) is 39.4. The van der Waals surface area contributed by atoms with E-state index in [1.165, 1.54) is 50.4 Å². The molecule has 18 rings (SSSR count). The summed E-state index contributed by atoms with van der Waals surface area (Å²) in [5, 5.41) is 124. The van der Waals surface area contributed by atoms with Gasteiger partial charge in [-0.05, 0) is 192 Å². The number of rotatable bonds is 14. The van der Waals surface area contributed by atoms with E-state index in [0.29, 0.717) is 11.8 Å². The Morgan fingerprint density at radius 3 is 1.85 bits per heavy atom. The number of aliphatic hydroxyl groups excluding tert-OH is 6. The van der Waals surface area contributed by atoms with Crippen LogP contribution in [0.2, 0.25) is 5.02 Å². The van der Waals surface area contributed by atoms with Crippen LogP contribution in [0.5, 0.6) is 46.0 Å². The lowest BCUT2D eigenvalue weighted by Crippen LogP contribution is -2.59. The molecule has 11 aliphatic rings. The molecule has 0 spiro atoms. The summed E-state index contributed by atoms with van der Waals surface area (Å²) >= 11 is 7.18. The molecule has 5 saturated carbocycles. The number of nitrogens with two attached hydrogens (primary N) is 1. The van der Waals surface area contributed by atoms with Crippen molar-refractivity contribution in [3.8, 4) is 68.2 Å². The number of aliphatic hydroxyl groups is 6. The van der Waals surface area contributed by atoms with Crippen LogP contribution in [0.3, 0.4) is 0 Å². The van der Waals surface area contributed by atoms with Gasteiger partial charge >= 0.3 is 6.09 Å². The van der Waals surface area contributed by atoms with Gasteiger partial charge in [0.2, 0.25) is 53.0 Å². The highest BCUT2D eigenvalue weighted by Crippen LogP contribution is 2.55. The number of amides is 9. The van der Waals surface area contributed by atoms with E-state index in [0.717, 1.165) is 102 Å². The van der Waals surface area contributed by atoms with E-state index < -0.39 is 186 Å². The molecule has 7 aromatic rings. The normalized spacial score (nSPS) is 27.9. The van der Waals surface area contributed by atoms with Crippen LogP contribution >= 0.6 is 11.6 Å². The highest BCUT2D eigenvalue weighted by atomic mass is 35.5. The number of ether oxygens (including phenoxy) is 4. The van der Waals surface area contributed by atoms with Crippen LogP contribution in [0.4, 0.5) is 4.79 Å². The van der Waals surface area contributed by atoms with E-state index >= 15 is 33.6 Å². The van der Waals surface area contributed by atoms with Crippen LogP contribution in [0, 0.1) is 42.4 Å². The summed E-state index contributed by atoms with van der Waals surface area (Å²) < 4.78 is 26.1. The van der Waals surface area contributed by atoms with E-state index in [9.17, 15) is 55.5 Å². The smallest absolute Gasteiger partial charge is 0.410 e. The first-order chi connectivity index (χ1) is 56.4. The largest absolute Gasteiger partial charge is 0.508 e. The summed E-state index contributed by atoms with van der Waals surface area (Å²) in [6, 6.07) is 16.1. The molecule has 9 amide bonds. The van der Waals surface area contributed by atoms with Gasteiger partial charge < -0.3 is 108 Å². The highest BCUT2D eigenvalue weighted by molar-refractivity contribution is 6.32. The molecular weight excluding hydrogens is 1550 g/mol. The Morgan fingerprint density at radius 1 is 0.602 bits per heavy atom. The molecular formula is C86H92ClN9O22. The van der Waals surface area contributed by atoms with Crippen LogP contribution in [-0.2, 0) is 43.1 Å². The molecule has 5 aliphatic heterocycles. The van der Waals surface area contributed by atoms with Gasteiger partial charge in [0.15, 0.2) is 11.5 Å². The fraction of sp³-hybridized carbons (Fsp3) is 0.407. The van der Waals surface area contributed by atoms with Gasteiger partial charge in [0.05, 0.1) is 17.5 Å². The van der Waals surface area contributed by atoms with Crippen molar-refractivity contribution >= 4 is 65.0 Å². The van der Waals surface area contributed by atoms with Crippen molar-refractivity contribution < 1.29 is 108 Å². The Hall–Kier alpha value is -11.6. The van der Waals surface area contributed by atoms with E-state index in [2.05, 4.69) is 37.2 Å². The van der Waals surface area contributed by atoms with Gasteiger partial charge in [-0.25, -0.2) is 4.79 Å². The highest BCUT2D eigenvalue weighted by Gasteiger charge is 2.51. The lowest BCUT2D eigenvalue weighted by atomic mass is 9.54. The van der Waals surface area contributed by atoms with Crippen molar-refractivity contribution in [2.75, 3.05) is 20.3 Å². The van der Waals surface area contributed by atoms with Crippen LogP contribution < -0.4 is 57.2 Å². The number of carbonyl (C=O) groups excluding carboxylic acids is 9. The average molecular weight is 1640 g/mol. The van der Waals surface area contributed by atoms with Crippen LogP contribution in [0.1, 0.15) is 146 Å². The number of nitrogens with zero attached hydrogens (tertiary/aromatic N) is 1. The van der Waals surface area contributed by atoms with E-state index in [1.807, 2.05) is 48.5 Å². The summed E-state index contributed by atoms with van der Waals surface area (Å²) in [4.78, 5) is 138. The number of nitrogens with one attached hydrogen (secondary N) is 7. The Kier molecular flexibility index (Phi) is 22.9. The number of hydrogen-bond acceptors (Lipinski definition) is 22. The quantitative estimate of drug-likeness (QED) is 0.0620. The van der Waals surface area contributed by atoms with Crippen LogP contribution in [0.25, 0.3) is 22.3 Å². The number of halogens is 1. The number of aryl methyl sites for hydroxylation is 1. The van der Waals surface area contributed by atoms with Gasteiger partial charge in [-0.1, -0.05) is 92.2 Å². The first-order valence-corrected chi connectivity index (χ1v) is 39.8. The summed E-state index contributed by atoms with van der Waals surface area (Å²) in [5.41, 5.74) is 7.94. The van der Waals surface area contributed by atoms with Gasteiger partial charge in [0.1, 0.15) is 108 Å². The molecule has 6 aliphatic carbocycles. The zero-order chi connectivity index (χ0) is 83.7. The summed E-state index contributed by atoms with van der Waals surface area (Å²) in [6.07, 6.45) is -9.26. The van der Waals surface area contributed by atoms with Crippen molar-refractivity contribution in [1.82, 2.24) is 42.1 Å². The Morgan fingerprint density at radius 2 is 1.21 bits per heavy atom. The predicted octanol–water partition coefficient (Wildman–Crippen LogP) is 5.71. The van der Waals surface area contributed by atoms with Gasteiger partial charge in [0, 0.05) is 48.7 Å². The molecule has 18 N–H and O–H groups in total. The molecule has 31 nitrogen and oxygen atoms in total. The minimum absolute atomic E-state index is 0.0421. The third-order valence-corrected chi connectivity index (χ3v) is 24.7. The second kappa shape index (κ2) is 33.1. The average Bonchev–Trinajstić information content (AvgIpc) is 0.806. The fourth-order valence-corrected chi connectivity index (χ4v) is 18.9. The van der Waals surface area contributed by atoms with Gasteiger partial charge in [0.25, 0.3) is 0 Å². The Bertz CT molecular complexity index is 5110. The SMILES string of the molecule is Cc1cc2ccc1Oc1cc3cc(c1O[C@@H]1C[C@H](CO)[C@@H](O)[C@H](O)[C@H]1O)Oc1ccc(cc1Cl)[C@@H](O)[C@@H]1NC(=O)[C@H](NC(=O)[C@@H]3NC(=O)[C@H](CC(N)=O)NC(=O)[C@H](NC(=O)[C@@H](CC(C)C)N(C)C(=O)OCC3c4ccccc4-c4ccccc43)[C@@H]2O)c2ccc(O)c(c2)-c2c(O)cc(O)cc2[C@@H](C(=O)NC2C3CC4CC(C3)CC2C4)NC1=O. The molecule has 0 saturated heterocycles. The number of phenolic OH excluding ortho intramolecular Hbond substituents is 3. The molecule has 32 heteroatoms. The Labute approximate surface area is 681 Å². The predicted molar refractivity (Wildman–Crippen MR) is 421 cm³/mol. The number of primary amides is 1. The molecule has 15 bridgehead atoms. The third kappa shape index (κ3) is 16.0. The molecule has 5 fully saturated rings. The minimum atomic E-state index is -2.29. The Balaban J connectivity index is 0.852. The van der Waals surface area contributed by atoms with E-state index in [-0.39, 0.29) is 110 Å². The zero-order valence-corrected chi connectivity index (χ0v) is 65.3. The molecule has 5 heterocycles. The van der Waals surface area contributed by atoms with E-state index in [1.54, 1.807) is 13.8 Å². The number of likely N-dealkylation sites (N-methyl/N-ethyl adjacent to an activating group) is 1. The van der Waals surface area contributed by atoms with Crippen molar-refractivity contribution in [3.05, 3.63) is 177 Å². The number of hydrogen-bond donors (Lipinski definition) is 17. The summed E-state index contributed by atoms with van der Waals surface area (Å²) in [6.45, 7) is 4.21. The number of aromatic hydroxyl groups is 3. The van der Waals surface area contributed by atoms with Crippen LogP contribution in [-0.4, -0.2) is 179 Å². The maximum atomic E-state index is 16.3. The van der Waals surface area contributed by atoms with Gasteiger partial charge in [-0.2, -0.15) is 0 Å². The monoisotopic (exact) mass is 1640 g/mol. The number of phenols is 3. The first kappa shape index (κ1) is 81.6. The fourth-order valence-electron chi connectivity index (χ4n) is 18.7. The van der Waals surface area contributed by atoms with Gasteiger partial charge in [-0.3, -0.25) is 43.3 Å². The van der Waals surface area contributed by atoms with Crippen molar-refractivity contribution in [2.45, 2.75) is 163 Å². The molecule has 7 aromatic carbocycles. The molecule has 620 valence electrons. The van der Waals surface area contributed by atoms with Crippen molar-refractivity contribution in [1.29, 1.82) is 0 Å². The van der Waals surface area contributed by atoms with Crippen LogP contribution in [0.15, 0.2) is 127 Å². The minimum Gasteiger partial charge on any atom is -0.508 e. The molecule has 0 unspecified atom stereocenters. The standard InChI is InChI=1S/C86H92ClN9O22/c1-36(2)19-57(96(4)86(114)115-35-54-50-11-7-5-9-48(50)49-10-6-8-12-51(49)54)80(108)94-71-73(102)41-14-17-60(37(3)20-41)116-63-28-45-29-64(78(63)118-62-30-46(34-97)75(104)77(106)76(62)105)117-61-18-15-42(27-55(61)87)74(103)72-85(113)93-70(83(111)90-67-43-22-38-21-39(24-43)25-44(67)23-38)53-31-47(98)32-59(100)66(53)52-26-40(13-16-58(52)99)68(81(109)95-72)92-82(110)69(45)91-79(107)56(33-65(88)101)89-84(71)112/h5-18,20,26-29,31-32,36,38-39,43-44,46,54,56-57,62,67-77,97-100,102-106H,19,21-25,30,33-35H2,1-4H3,(H2,88,101)(H,89,112)(H,90,111)(H,91,107)(H,92,110)(H,93,113)(H,94,108)(H,95,109)/t38?,39?,43?,44?,46-,56+,57-,62-,67?,68-,69-,70+,71-,72+,73-,74-,75-,76+,77+/m1/s1. The second-order valence-corrected chi connectivity index (χ2v) is 33.1. The molecule has 14 atom stereocenters. The molecule has 0 aromatic heterocycles. The third-order valence-electron chi connectivity index (χ3n) is 24.4. The summed E-state index contributed by atoms with van der Waals surface area (Å²) in [7, 11) is 1.33. The maximum Gasteiger partial charge on any atom is 0.410 e. The van der Waals surface area contributed by atoms with Crippen molar-refractivity contribution in [2.24, 2.45) is 41.2 Å². The number of benzene rings is 7. The number of fused-ring (bicyclic) bond motifs is 18. The maximum absolute atomic E-state index is 16.3. The lowest BCUT2D eigenvalue weighted by Gasteiger charge is -2.54. The topological polar surface area (TPSA) is 486 Å².